The molecule has 0 spiro atoms. The summed E-state index contributed by atoms with van der Waals surface area (Å²) >= 11 is 0. The first-order valence-electron chi connectivity index (χ1n) is 10.4. The van der Waals surface area contributed by atoms with Gasteiger partial charge in [-0.25, -0.2) is 4.79 Å². The zero-order valence-electron chi connectivity index (χ0n) is 19.5. The predicted molar refractivity (Wildman–Crippen MR) is 116 cm³/mol. The SMILES string of the molecule is COCC(C)N(C(=O)C(F)(F)F)c1cc(N2CCN(C)CC2)ccc1C(=O)OC(C)(C)C. The van der Waals surface area contributed by atoms with Crippen LogP contribution in [0.15, 0.2) is 18.2 Å². The van der Waals surface area contributed by atoms with E-state index in [0.717, 1.165) is 13.1 Å². The number of amides is 1. The molecular weight excluding hydrogens is 427 g/mol. The van der Waals surface area contributed by atoms with Gasteiger partial charge in [-0.15, -0.1) is 0 Å². The van der Waals surface area contributed by atoms with Crippen molar-refractivity contribution in [3.63, 3.8) is 0 Å². The lowest BCUT2D eigenvalue weighted by atomic mass is 10.1. The third kappa shape index (κ3) is 6.59. The van der Waals surface area contributed by atoms with Crippen molar-refractivity contribution in [2.75, 3.05) is 56.7 Å². The third-order valence-electron chi connectivity index (χ3n) is 5.04. The van der Waals surface area contributed by atoms with Gasteiger partial charge in [-0.2, -0.15) is 13.2 Å². The lowest BCUT2D eigenvalue weighted by Crippen LogP contribution is -2.49. The molecule has 7 nitrogen and oxygen atoms in total. The molecule has 1 heterocycles. The summed E-state index contributed by atoms with van der Waals surface area (Å²) in [6, 6.07) is 3.58. The maximum atomic E-state index is 13.5. The minimum atomic E-state index is -5.13. The van der Waals surface area contributed by atoms with Gasteiger partial charge < -0.3 is 19.3 Å². The van der Waals surface area contributed by atoms with Gasteiger partial charge in [-0.1, -0.05) is 0 Å². The molecule has 2 rings (SSSR count). The number of piperazine rings is 1. The molecule has 10 heteroatoms. The first kappa shape index (κ1) is 25.9. The number of nitrogens with zero attached hydrogens (tertiary/aromatic N) is 3. The number of carbonyl (C=O) groups excluding carboxylic acids is 2. The average molecular weight is 460 g/mol. The smallest absolute Gasteiger partial charge is 0.456 e. The van der Waals surface area contributed by atoms with Crippen molar-refractivity contribution in [3.05, 3.63) is 23.8 Å². The number of likely N-dealkylation sites (N-methyl/N-ethyl adjacent to an activating group) is 1. The highest BCUT2D eigenvalue weighted by Crippen LogP contribution is 2.33. The van der Waals surface area contributed by atoms with Gasteiger partial charge in [0.15, 0.2) is 0 Å². The summed E-state index contributed by atoms with van der Waals surface area (Å²) in [5, 5.41) is 0. The minimum Gasteiger partial charge on any atom is -0.456 e. The lowest BCUT2D eigenvalue weighted by Gasteiger charge is -2.36. The molecule has 180 valence electrons. The van der Waals surface area contributed by atoms with Gasteiger partial charge in [0.1, 0.15) is 5.60 Å². The second-order valence-corrected chi connectivity index (χ2v) is 8.97. The number of alkyl halides is 3. The number of hydrogen-bond donors (Lipinski definition) is 0. The maximum Gasteiger partial charge on any atom is 0.471 e. The van der Waals surface area contributed by atoms with Gasteiger partial charge in [-0.3, -0.25) is 9.69 Å². The Labute approximate surface area is 187 Å². The van der Waals surface area contributed by atoms with E-state index in [9.17, 15) is 22.8 Å². The summed E-state index contributed by atoms with van der Waals surface area (Å²) in [7, 11) is 3.33. The predicted octanol–water partition coefficient (Wildman–Crippen LogP) is 3.32. The van der Waals surface area contributed by atoms with E-state index >= 15 is 0 Å². The van der Waals surface area contributed by atoms with E-state index in [1.807, 2.05) is 11.9 Å². The van der Waals surface area contributed by atoms with Gasteiger partial charge >= 0.3 is 18.1 Å². The van der Waals surface area contributed by atoms with Crippen LogP contribution in [0, 0.1) is 0 Å². The molecule has 1 aliphatic heterocycles. The molecule has 0 radical (unpaired) electrons. The summed E-state index contributed by atoms with van der Waals surface area (Å²) in [6.45, 7) is 9.19. The molecule has 0 N–H and O–H groups in total. The number of hydrogen-bond acceptors (Lipinski definition) is 6. The Hall–Kier alpha value is -2.33. The Kier molecular flexibility index (Phi) is 8.17. The van der Waals surface area contributed by atoms with Crippen LogP contribution in [0.1, 0.15) is 38.1 Å². The molecule has 0 bridgehead atoms. The molecule has 1 aromatic carbocycles. The van der Waals surface area contributed by atoms with E-state index in [0.29, 0.717) is 23.7 Å². The minimum absolute atomic E-state index is 0.113. The molecule has 1 unspecified atom stereocenters. The standard InChI is InChI=1S/C22H32F3N3O4/c1-15(14-31-6)28(20(30)22(23,24)25)18-13-16(27-11-9-26(5)10-12-27)7-8-17(18)19(29)32-21(2,3)4/h7-8,13,15H,9-12,14H2,1-6H3. The molecule has 1 saturated heterocycles. The highest BCUT2D eigenvalue weighted by Gasteiger charge is 2.45. The number of esters is 1. The van der Waals surface area contributed by atoms with Crippen molar-refractivity contribution in [2.45, 2.75) is 45.5 Å². The topological polar surface area (TPSA) is 62.3 Å². The number of benzene rings is 1. The van der Waals surface area contributed by atoms with Gasteiger partial charge in [-0.05, 0) is 52.9 Å². The maximum absolute atomic E-state index is 13.5. The Morgan fingerprint density at radius 1 is 1.12 bits per heavy atom. The summed E-state index contributed by atoms with van der Waals surface area (Å²) in [5.74, 6) is -2.87. The third-order valence-corrected chi connectivity index (χ3v) is 5.04. The molecule has 32 heavy (non-hydrogen) atoms. The molecule has 1 atom stereocenters. The first-order valence-corrected chi connectivity index (χ1v) is 10.4. The van der Waals surface area contributed by atoms with Crippen LogP contribution in [0.2, 0.25) is 0 Å². The largest absolute Gasteiger partial charge is 0.471 e. The Bertz CT molecular complexity index is 816. The molecular formula is C22H32F3N3O4. The molecule has 1 aliphatic rings. The fourth-order valence-corrected chi connectivity index (χ4v) is 3.49. The van der Waals surface area contributed by atoms with Crippen LogP contribution in [0.4, 0.5) is 24.5 Å². The lowest BCUT2D eigenvalue weighted by molar-refractivity contribution is -0.171. The number of methoxy groups -OCH3 is 1. The fourth-order valence-electron chi connectivity index (χ4n) is 3.49. The van der Waals surface area contributed by atoms with E-state index in [4.69, 9.17) is 9.47 Å². The number of ether oxygens (including phenoxy) is 2. The van der Waals surface area contributed by atoms with Gasteiger partial charge in [0, 0.05) is 39.0 Å². The van der Waals surface area contributed by atoms with E-state index in [1.54, 1.807) is 26.8 Å². The Morgan fingerprint density at radius 3 is 2.22 bits per heavy atom. The number of rotatable bonds is 6. The molecule has 1 amide bonds. The van der Waals surface area contributed by atoms with Crippen LogP contribution in [0.25, 0.3) is 0 Å². The summed E-state index contributed by atoms with van der Waals surface area (Å²) in [6.07, 6.45) is -5.13. The second-order valence-electron chi connectivity index (χ2n) is 8.97. The van der Waals surface area contributed by atoms with E-state index in [-0.39, 0.29) is 17.9 Å². The fraction of sp³-hybridized carbons (Fsp3) is 0.636. The Balaban J connectivity index is 2.61. The highest BCUT2D eigenvalue weighted by molar-refractivity contribution is 6.05. The van der Waals surface area contributed by atoms with Gasteiger partial charge in [0.2, 0.25) is 0 Å². The normalized spacial score (nSPS) is 16.6. The number of anilines is 2. The van der Waals surface area contributed by atoms with Crippen molar-refractivity contribution in [1.29, 1.82) is 0 Å². The van der Waals surface area contributed by atoms with Gasteiger partial charge in [0.25, 0.3) is 0 Å². The quantitative estimate of drug-likeness (QED) is 0.609. The van der Waals surface area contributed by atoms with Crippen LogP contribution in [-0.4, -0.2) is 81.5 Å². The van der Waals surface area contributed by atoms with Crippen LogP contribution < -0.4 is 9.80 Å². The summed E-state index contributed by atoms with van der Waals surface area (Å²) in [5.41, 5.74) is -0.493. The highest BCUT2D eigenvalue weighted by atomic mass is 19.4. The van der Waals surface area contributed by atoms with E-state index < -0.39 is 29.7 Å². The van der Waals surface area contributed by atoms with Crippen molar-refractivity contribution in [2.24, 2.45) is 0 Å². The monoisotopic (exact) mass is 459 g/mol. The van der Waals surface area contributed by atoms with Crippen LogP contribution in [0.5, 0.6) is 0 Å². The van der Waals surface area contributed by atoms with Gasteiger partial charge in [0.05, 0.1) is 23.9 Å². The Morgan fingerprint density at radius 2 is 1.72 bits per heavy atom. The zero-order chi connectivity index (χ0) is 24.3. The molecule has 1 fully saturated rings. The van der Waals surface area contributed by atoms with Crippen molar-refractivity contribution in [1.82, 2.24) is 4.90 Å². The zero-order valence-corrected chi connectivity index (χ0v) is 19.5. The van der Waals surface area contributed by atoms with E-state index in [1.165, 1.54) is 26.2 Å². The summed E-state index contributed by atoms with van der Waals surface area (Å²) < 4.78 is 51.0. The molecule has 0 aliphatic carbocycles. The molecule has 1 aromatic rings. The van der Waals surface area contributed by atoms with Crippen molar-refractivity contribution < 1.29 is 32.2 Å². The molecule has 0 aromatic heterocycles. The van der Waals surface area contributed by atoms with E-state index in [2.05, 4.69) is 4.90 Å². The number of carbonyl (C=O) groups is 2. The van der Waals surface area contributed by atoms with Crippen LogP contribution in [0.3, 0.4) is 0 Å². The van der Waals surface area contributed by atoms with Crippen LogP contribution >= 0.6 is 0 Å². The first-order chi connectivity index (χ1) is 14.7. The van der Waals surface area contributed by atoms with Crippen LogP contribution in [-0.2, 0) is 14.3 Å². The molecule has 0 saturated carbocycles. The summed E-state index contributed by atoms with van der Waals surface area (Å²) in [4.78, 5) is 30.1. The second kappa shape index (κ2) is 10.1. The average Bonchev–Trinajstić information content (AvgIpc) is 2.66. The van der Waals surface area contributed by atoms with Crippen molar-refractivity contribution in [3.8, 4) is 0 Å². The number of halogens is 3. The van der Waals surface area contributed by atoms with Crippen molar-refractivity contribution >= 4 is 23.3 Å².